The van der Waals surface area contributed by atoms with Crippen LogP contribution in [0.1, 0.15) is 13.3 Å². The third kappa shape index (κ3) is 5.77. The predicted molar refractivity (Wildman–Crippen MR) is 83.6 cm³/mol. The minimum atomic E-state index is -0.217. The normalized spacial score (nSPS) is 11.4. The molecule has 0 aromatic heterocycles. The fourth-order valence-electron chi connectivity index (χ4n) is 1.83. The van der Waals surface area contributed by atoms with E-state index in [2.05, 4.69) is 40.6 Å². The van der Waals surface area contributed by atoms with Crippen LogP contribution in [-0.4, -0.2) is 38.6 Å². The standard InChI is InChI=1S/C16H23N3O/c1-4-11-18-16(20)14(2)17-12-8-13-19(3)15-9-6-5-7-10-15/h1,5-7,9-10,14,17H,8,11-13H2,2-3H3,(H,18,20). The monoisotopic (exact) mass is 273 g/mol. The molecule has 1 atom stereocenters. The molecule has 4 heteroatoms. The van der Waals surface area contributed by atoms with Crippen LogP contribution >= 0.6 is 0 Å². The molecule has 0 aliphatic carbocycles. The van der Waals surface area contributed by atoms with Gasteiger partial charge >= 0.3 is 0 Å². The third-order valence-electron chi connectivity index (χ3n) is 3.08. The molecule has 0 radical (unpaired) electrons. The van der Waals surface area contributed by atoms with Gasteiger partial charge in [-0.3, -0.25) is 4.79 Å². The Kier molecular flexibility index (Phi) is 7.23. The molecule has 1 aromatic rings. The third-order valence-corrected chi connectivity index (χ3v) is 3.08. The molecule has 1 aromatic carbocycles. The topological polar surface area (TPSA) is 44.4 Å². The highest BCUT2D eigenvalue weighted by atomic mass is 16.2. The number of para-hydroxylation sites is 1. The number of terminal acetylenes is 1. The molecule has 108 valence electrons. The van der Waals surface area contributed by atoms with E-state index >= 15 is 0 Å². The van der Waals surface area contributed by atoms with Crippen molar-refractivity contribution in [1.82, 2.24) is 10.6 Å². The highest BCUT2D eigenvalue weighted by molar-refractivity contribution is 5.81. The van der Waals surface area contributed by atoms with E-state index in [0.29, 0.717) is 0 Å². The number of carbonyl (C=O) groups is 1. The second-order valence-corrected chi connectivity index (χ2v) is 4.71. The summed E-state index contributed by atoms with van der Waals surface area (Å²) in [4.78, 5) is 13.8. The molecule has 0 aliphatic heterocycles. The molecule has 1 amide bonds. The number of carbonyl (C=O) groups excluding carboxylic acids is 1. The van der Waals surface area contributed by atoms with Crippen molar-refractivity contribution in [2.24, 2.45) is 0 Å². The van der Waals surface area contributed by atoms with E-state index in [9.17, 15) is 4.79 Å². The number of hydrogen-bond donors (Lipinski definition) is 2. The molecule has 0 aliphatic rings. The summed E-state index contributed by atoms with van der Waals surface area (Å²) in [6.45, 7) is 3.85. The first-order chi connectivity index (χ1) is 9.65. The number of amides is 1. The number of hydrogen-bond acceptors (Lipinski definition) is 3. The van der Waals surface area contributed by atoms with Gasteiger partial charge in [0.25, 0.3) is 0 Å². The molecule has 20 heavy (non-hydrogen) atoms. The molecule has 0 spiro atoms. The molecule has 0 heterocycles. The summed E-state index contributed by atoms with van der Waals surface area (Å²) in [7, 11) is 2.07. The molecule has 1 rings (SSSR count). The van der Waals surface area contributed by atoms with Crippen LogP contribution in [0.2, 0.25) is 0 Å². The lowest BCUT2D eigenvalue weighted by Crippen LogP contribution is -2.43. The summed E-state index contributed by atoms with van der Waals surface area (Å²) < 4.78 is 0. The van der Waals surface area contributed by atoms with Crippen molar-refractivity contribution in [3.8, 4) is 12.3 Å². The molecule has 0 saturated heterocycles. The van der Waals surface area contributed by atoms with Gasteiger partial charge in [-0.1, -0.05) is 24.1 Å². The second-order valence-electron chi connectivity index (χ2n) is 4.71. The lowest BCUT2D eigenvalue weighted by atomic mass is 10.2. The molecule has 0 saturated carbocycles. The zero-order chi connectivity index (χ0) is 14.8. The number of nitrogens with one attached hydrogen (secondary N) is 2. The quantitative estimate of drug-likeness (QED) is 0.553. The summed E-state index contributed by atoms with van der Waals surface area (Å²) in [5, 5.41) is 5.85. The fraction of sp³-hybridized carbons (Fsp3) is 0.438. The molecular weight excluding hydrogens is 250 g/mol. The van der Waals surface area contributed by atoms with Crippen molar-refractivity contribution in [1.29, 1.82) is 0 Å². The van der Waals surface area contributed by atoms with E-state index in [0.717, 1.165) is 19.5 Å². The number of benzene rings is 1. The van der Waals surface area contributed by atoms with E-state index in [1.54, 1.807) is 0 Å². The summed E-state index contributed by atoms with van der Waals surface area (Å²) >= 11 is 0. The van der Waals surface area contributed by atoms with E-state index in [1.165, 1.54) is 5.69 Å². The first-order valence-electron chi connectivity index (χ1n) is 6.86. The molecule has 0 fully saturated rings. The van der Waals surface area contributed by atoms with Crippen LogP contribution in [0.15, 0.2) is 30.3 Å². The lowest BCUT2D eigenvalue weighted by Gasteiger charge is -2.20. The Bertz CT molecular complexity index is 439. The number of nitrogens with zero attached hydrogens (tertiary/aromatic N) is 1. The maximum atomic E-state index is 11.6. The summed E-state index contributed by atoms with van der Waals surface area (Å²) in [5.41, 5.74) is 1.20. The Morgan fingerprint density at radius 3 is 2.75 bits per heavy atom. The van der Waals surface area contributed by atoms with Crippen LogP contribution in [0.25, 0.3) is 0 Å². The smallest absolute Gasteiger partial charge is 0.237 e. The average Bonchev–Trinajstić information content (AvgIpc) is 2.49. The SMILES string of the molecule is C#CCNC(=O)C(C)NCCCN(C)c1ccccc1. The van der Waals surface area contributed by atoms with Crippen molar-refractivity contribution in [3.05, 3.63) is 30.3 Å². The zero-order valence-corrected chi connectivity index (χ0v) is 12.2. The van der Waals surface area contributed by atoms with Crippen molar-refractivity contribution in [2.75, 3.05) is 31.6 Å². The molecular formula is C16H23N3O. The molecule has 0 bridgehead atoms. The van der Waals surface area contributed by atoms with Crippen molar-refractivity contribution in [2.45, 2.75) is 19.4 Å². The highest BCUT2D eigenvalue weighted by Gasteiger charge is 2.10. The second kappa shape index (κ2) is 9.00. The van der Waals surface area contributed by atoms with Gasteiger partial charge in [-0.25, -0.2) is 0 Å². The Hall–Kier alpha value is -1.99. The van der Waals surface area contributed by atoms with Crippen LogP contribution in [0.5, 0.6) is 0 Å². The van der Waals surface area contributed by atoms with Crippen molar-refractivity contribution < 1.29 is 4.79 Å². The van der Waals surface area contributed by atoms with Crippen molar-refractivity contribution in [3.63, 3.8) is 0 Å². The molecule has 4 nitrogen and oxygen atoms in total. The van der Waals surface area contributed by atoms with Crippen LogP contribution in [0.3, 0.4) is 0 Å². The highest BCUT2D eigenvalue weighted by Crippen LogP contribution is 2.10. The first-order valence-corrected chi connectivity index (χ1v) is 6.86. The summed E-state index contributed by atoms with van der Waals surface area (Å²) in [6.07, 6.45) is 6.07. The number of anilines is 1. The molecule has 2 N–H and O–H groups in total. The van der Waals surface area contributed by atoms with Gasteiger partial charge in [0.2, 0.25) is 5.91 Å². The van der Waals surface area contributed by atoms with Crippen molar-refractivity contribution >= 4 is 11.6 Å². The number of rotatable bonds is 8. The average molecular weight is 273 g/mol. The Labute approximate surface area is 121 Å². The van der Waals surface area contributed by atoms with E-state index in [1.807, 2.05) is 25.1 Å². The minimum absolute atomic E-state index is 0.0561. The summed E-state index contributed by atoms with van der Waals surface area (Å²) in [6, 6.07) is 10.0. The van der Waals surface area contributed by atoms with E-state index in [4.69, 9.17) is 6.42 Å². The van der Waals surface area contributed by atoms with Gasteiger partial charge in [0, 0.05) is 19.3 Å². The van der Waals surface area contributed by atoms with Gasteiger partial charge in [-0.2, -0.15) is 0 Å². The van der Waals surface area contributed by atoms with Gasteiger partial charge in [-0.05, 0) is 32.0 Å². The zero-order valence-electron chi connectivity index (χ0n) is 12.2. The first kappa shape index (κ1) is 16.1. The van der Waals surface area contributed by atoms with Gasteiger partial charge < -0.3 is 15.5 Å². The van der Waals surface area contributed by atoms with Crippen LogP contribution in [0, 0.1) is 12.3 Å². The van der Waals surface area contributed by atoms with Crippen LogP contribution in [-0.2, 0) is 4.79 Å². The Balaban J connectivity index is 2.18. The Morgan fingerprint density at radius 2 is 2.10 bits per heavy atom. The van der Waals surface area contributed by atoms with Crippen LogP contribution < -0.4 is 15.5 Å². The van der Waals surface area contributed by atoms with E-state index < -0.39 is 0 Å². The predicted octanol–water partition coefficient (Wildman–Crippen LogP) is 1.24. The molecule has 1 unspecified atom stereocenters. The van der Waals surface area contributed by atoms with Gasteiger partial charge in [0.05, 0.1) is 12.6 Å². The lowest BCUT2D eigenvalue weighted by molar-refractivity contribution is -0.122. The van der Waals surface area contributed by atoms with E-state index in [-0.39, 0.29) is 18.5 Å². The van der Waals surface area contributed by atoms with Gasteiger partial charge in [0.1, 0.15) is 0 Å². The fourth-order valence-corrected chi connectivity index (χ4v) is 1.83. The van der Waals surface area contributed by atoms with Gasteiger partial charge in [0.15, 0.2) is 0 Å². The minimum Gasteiger partial charge on any atom is -0.375 e. The van der Waals surface area contributed by atoms with Gasteiger partial charge in [-0.15, -0.1) is 6.42 Å². The van der Waals surface area contributed by atoms with Crippen LogP contribution in [0.4, 0.5) is 5.69 Å². The maximum absolute atomic E-state index is 11.6. The summed E-state index contributed by atoms with van der Waals surface area (Å²) in [5.74, 6) is 2.33. The maximum Gasteiger partial charge on any atom is 0.237 e. The Morgan fingerprint density at radius 1 is 1.40 bits per heavy atom. The largest absolute Gasteiger partial charge is 0.375 e.